The summed E-state index contributed by atoms with van der Waals surface area (Å²) >= 11 is 0. The molecule has 0 spiro atoms. The first kappa shape index (κ1) is 12.2. The number of halogens is 3. The number of ether oxygens (including phenoxy) is 1. The lowest BCUT2D eigenvalue weighted by Gasteiger charge is -2.09. The van der Waals surface area contributed by atoms with Crippen LogP contribution in [-0.2, 0) is 4.79 Å². The summed E-state index contributed by atoms with van der Waals surface area (Å²) in [6.07, 6.45) is -4.82. The predicted molar refractivity (Wildman–Crippen MR) is 48.1 cm³/mol. The Morgan fingerprint density at radius 2 is 1.88 bits per heavy atom. The lowest BCUT2D eigenvalue weighted by molar-refractivity contribution is -0.274. The van der Waals surface area contributed by atoms with Crippen molar-refractivity contribution in [3.63, 3.8) is 0 Å². The monoisotopic (exact) mass is 232 g/mol. The summed E-state index contributed by atoms with van der Waals surface area (Å²) in [6.45, 7) is 1.04. The Balaban J connectivity index is 2.96. The van der Waals surface area contributed by atoms with Crippen LogP contribution in [0.4, 0.5) is 13.2 Å². The summed E-state index contributed by atoms with van der Waals surface area (Å²) < 4.78 is 39.2. The highest BCUT2D eigenvalue weighted by Crippen LogP contribution is 2.23. The number of ketones is 2. The fourth-order valence-electron chi connectivity index (χ4n) is 1.04. The highest BCUT2D eigenvalue weighted by molar-refractivity contribution is 6.42. The lowest BCUT2D eigenvalue weighted by Crippen LogP contribution is -2.17. The number of Topliss-reactive ketones (excluding diaryl/α,β-unsaturated/α-hetero) is 2. The van der Waals surface area contributed by atoms with Crippen LogP contribution in [0, 0.1) is 0 Å². The Labute approximate surface area is 88.8 Å². The minimum absolute atomic E-state index is 0.130. The molecular formula is C10H7F3O3. The molecule has 0 heterocycles. The van der Waals surface area contributed by atoms with Crippen LogP contribution in [0.25, 0.3) is 0 Å². The summed E-state index contributed by atoms with van der Waals surface area (Å²) in [5, 5.41) is 0. The summed E-state index contributed by atoms with van der Waals surface area (Å²) in [7, 11) is 0. The maximum absolute atomic E-state index is 11.9. The predicted octanol–water partition coefficient (Wildman–Crippen LogP) is 2.36. The van der Waals surface area contributed by atoms with Gasteiger partial charge in [0.1, 0.15) is 5.75 Å². The zero-order valence-corrected chi connectivity index (χ0v) is 8.17. The SMILES string of the molecule is CC(=O)C(=O)c1cccc(OC(F)(F)F)c1. The first-order valence-electron chi connectivity index (χ1n) is 4.20. The molecule has 6 heteroatoms. The van der Waals surface area contributed by atoms with E-state index >= 15 is 0 Å². The molecule has 1 aromatic carbocycles. The van der Waals surface area contributed by atoms with Gasteiger partial charge in [0.2, 0.25) is 5.78 Å². The second kappa shape index (κ2) is 4.34. The molecule has 1 rings (SSSR count). The van der Waals surface area contributed by atoms with Crippen LogP contribution in [0.15, 0.2) is 24.3 Å². The van der Waals surface area contributed by atoms with Gasteiger partial charge < -0.3 is 4.74 Å². The Morgan fingerprint density at radius 3 is 2.38 bits per heavy atom. The number of alkyl halides is 3. The van der Waals surface area contributed by atoms with Crippen molar-refractivity contribution >= 4 is 11.6 Å². The third-order valence-electron chi connectivity index (χ3n) is 1.65. The van der Waals surface area contributed by atoms with E-state index in [0.29, 0.717) is 0 Å². The maximum Gasteiger partial charge on any atom is 0.573 e. The van der Waals surface area contributed by atoms with Crippen LogP contribution in [0.2, 0.25) is 0 Å². The Kier molecular flexibility index (Phi) is 3.31. The zero-order valence-electron chi connectivity index (χ0n) is 8.17. The molecule has 16 heavy (non-hydrogen) atoms. The molecule has 0 unspecified atom stereocenters. The summed E-state index contributed by atoms with van der Waals surface area (Å²) in [6, 6.07) is 4.37. The van der Waals surface area contributed by atoms with E-state index in [-0.39, 0.29) is 5.56 Å². The molecule has 0 saturated carbocycles. The van der Waals surface area contributed by atoms with Crippen LogP contribution in [-0.4, -0.2) is 17.9 Å². The summed E-state index contributed by atoms with van der Waals surface area (Å²) in [5.74, 6) is -2.13. The van der Waals surface area contributed by atoms with E-state index in [2.05, 4.69) is 4.74 Å². The van der Waals surface area contributed by atoms with Crippen molar-refractivity contribution in [1.82, 2.24) is 0 Å². The molecular weight excluding hydrogens is 225 g/mol. The van der Waals surface area contributed by atoms with Crippen LogP contribution in [0.5, 0.6) is 5.75 Å². The van der Waals surface area contributed by atoms with Crippen LogP contribution in [0.1, 0.15) is 17.3 Å². The maximum atomic E-state index is 11.9. The zero-order chi connectivity index (χ0) is 12.3. The van der Waals surface area contributed by atoms with Crippen molar-refractivity contribution < 1.29 is 27.5 Å². The van der Waals surface area contributed by atoms with Gasteiger partial charge in [-0.25, -0.2) is 0 Å². The topological polar surface area (TPSA) is 43.4 Å². The molecule has 0 aliphatic heterocycles. The van der Waals surface area contributed by atoms with Crippen molar-refractivity contribution in [2.24, 2.45) is 0 Å². The molecule has 0 atom stereocenters. The fourth-order valence-corrected chi connectivity index (χ4v) is 1.04. The Hall–Kier alpha value is -1.85. The van der Waals surface area contributed by atoms with Crippen molar-refractivity contribution in [3.8, 4) is 5.75 Å². The van der Waals surface area contributed by atoms with E-state index < -0.39 is 23.7 Å². The average Bonchev–Trinajstić information content (AvgIpc) is 2.14. The molecule has 3 nitrogen and oxygen atoms in total. The van der Waals surface area contributed by atoms with Crippen molar-refractivity contribution in [3.05, 3.63) is 29.8 Å². The van der Waals surface area contributed by atoms with Crippen LogP contribution < -0.4 is 4.74 Å². The number of hydrogen-bond donors (Lipinski definition) is 0. The second-order valence-corrected chi connectivity index (χ2v) is 2.96. The third-order valence-corrected chi connectivity index (χ3v) is 1.65. The van der Waals surface area contributed by atoms with E-state index in [0.717, 1.165) is 19.1 Å². The Morgan fingerprint density at radius 1 is 1.25 bits per heavy atom. The molecule has 0 aromatic heterocycles. The van der Waals surface area contributed by atoms with Crippen molar-refractivity contribution in [1.29, 1.82) is 0 Å². The first-order chi connectivity index (χ1) is 7.29. The quantitative estimate of drug-likeness (QED) is 0.593. The smallest absolute Gasteiger partial charge is 0.406 e. The normalized spacial score (nSPS) is 11.0. The molecule has 0 amide bonds. The number of carbonyl (C=O) groups is 2. The largest absolute Gasteiger partial charge is 0.573 e. The van der Waals surface area contributed by atoms with Gasteiger partial charge in [-0.15, -0.1) is 13.2 Å². The molecule has 0 radical (unpaired) electrons. The minimum Gasteiger partial charge on any atom is -0.406 e. The minimum atomic E-state index is -4.82. The summed E-state index contributed by atoms with van der Waals surface area (Å²) in [4.78, 5) is 21.9. The molecule has 1 aromatic rings. The van der Waals surface area contributed by atoms with E-state index in [4.69, 9.17) is 0 Å². The fraction of sp³-hybridized carbons (Fsp3) is 0.200. The van der Waals surface area contributed by atoms with Crippen LogP contribution in [0.3, 0.4) is 0 Å². The van der Waals surface area contributed by atoms with Gasteiger partial charge in [0, 0.05) is 12.5 Å². The third kappa shape index (κ3) is 3.38. The molecule has 0 saturated heterocycles. The van der Waals surface area contributed by atoms with Crippen molar-refractivity contribution in [2.75, 3.05) is 0 Å². The summed E-state index contributed by atoms with van der Waals surface area (Å²) in [5.41, 5.74) is -0.130. The van der Waals surface area contributed by atoms with E-state index in [9.17, 15) is 22.8 Å². The van der Waals surface area contributed by atoms with E-state index in [1.54, 1.807) is 0 Å². The van der Waals surface area contributed by atoms with Gasteiger partial charge in [-0.2, -0.15) is 0 Å². The highest BCUT2D eigenvalue weighted by Gasteiger charge is 2.31. The number of carbonyl (C=O) groups excluding carboxylic acids is 2. The van der Waals surface area contributed by atoms with Crippen molar-refractivity contribution in [2.45, 2.75) is 13.3 Å². The number of rotatable bonds is 3. The van der Waals surface area contributed by atoms with Gasteiger partial charge in [-0.3, -0.25) is 9.59 Å². The lowest BCUT2D eigenvalue weighted by atomic mass is 10.1. The highest BCUT2D eigenvalue weighted by atomic mass is 19.4. The van der Waals surface area contributed by atoms with Crippen LogP contribution >= 0.6 is 0 Å². The number of benzene rings is 1. The van der Waals surface area contributed by atoms with Gasteiger partial charge in [0.05, 0.1) is 0 Å². The number of hydrogen-bond acceptors (Lipinski definition) is 3. The van der Waals surface area contributed by atoms with E-state index in [1.165, 1.54) is 12.1 Å². The second-order valence-electron chi connectivity index (χ2n) is 2.96. The molecule has 0 bridgehead atoms. The Bertz CT molecular complexity index is 424. The van der Waals surface area contributed by atoms with Gasteiger partial charge >= 0.3 is 6.36 Å². The van der Waals surface area contributed by atoms with Gasteiger partial charge in [0.15, 0.2) is 5.78 Å². The van der Waals surface area contributed by atoms with Gasteiger partial charge in [-0.05, 0) is 12.1 Å². The van der Waals surface area contributed by atoms with Gasteiger partial charge in [0.25, 0.3) is 0 Å². The standard InChI is InChI=1S/C10H7F3O3/c1-6(14)9(15)7-3-2-4-8(5-7)16-10(11,12)13/h2-5H,1H3. The molecule has 0 fully saturated rings. The molecule has 0 N–H and O–H groups in total. The van der Waals surface area contributed by atoms with E-state index in [1.807, 2.05) is 0 Å². The molecule has 0 aliphatic carbocycles. The first-order valence-corrected chi connectivity index (χ1v) is 4.20. The molecule has 86 valence electrons. The molecule has 0 aliphatic rings. The van der Waals surface area contributed by atoms with Gasteiger partial charge in [-0.1, -0.05) is 12.1 Å². The average molecular weight is 232 g/mol.